The number of rotatable bonds is 1. The van der Waals surface area contributed by atoms with E-state index in [1.54, 1.807) is 0 Å². The fourth-order valence-electron chi connectivity index (χ4n) is 6.16. The minimum Gasteiger partial charge on any atom is -0.307 e. The van der Waals surface area contributed by atoms with Crippen LogP contribution in [0.15, 0.2) is 54.7 Å². The summed E-state index contributed by atoms with van der Waals surface area (Å²) in [6.07, 6.45) is 2.19. The highest BCUT2D eigenvalue weighted by Gasteiger charge is 2.28. The number of aryl methyl sites for hydroxylation is 3. The van der Waals surface area contributed by atoms with Gasteiger partial charge in [0.25, 0.3) is 0 Å². The second-order valence-electron chi connectivity index (χ2n) is 13.5. The van der Waals surface area contributed by atoms with Crippen molar-refractivity contribution in [1.82, 2.24) is 19.4 Å². The van der Waals surface area contributed by atoms with Crippen molar-refractivity contribution in [2.24, 2.45) is 7.05 Å². The summed E-state index contributed by atoms with van der Waals surface area (Å²) in [5.74, 6) is 2.37. The zero-order valence-electron chi connectivity index (χ0n) is 24.9. The summed E-state index contributed by atoms with van der Waals surface area (Å²) in [6, 6.07) is 17.9. The molecule has 5 heteroatoms. The van der Waals surface area contributed by atoms with Crippen LogP contribution in [0.25, 0.3) is 60.4 Å². The van der Waals surface area contributed by atoms with E-state index in [-0.39, 0.29) is 10.8 Å². The first-order valence-electron chi connectivity index (χ1n) is 14.1. The number of hydrogen-bond donors (Lipinski definition) is 0. The quantitative estimate of drug-likeness (QED) is 0.124. The predicted octanol–water partition coefficient (Wildman–Crippen LogP) is 7.88. The topological polar surface area (TPSA) is 47.0 Å². The van der Waals surface area contributed by atoms with Crippen molar-refractivity contribution < 1.29 is 4.57 Å². The van der Waals surface area contributed by atoms with Crippen molar-refractivity contribution in [2.75, 3.05) is 0 Å². The number of benzene rings is 3. The molecule has 4 aromatic heterocycles. The van der Waals surface area contributed by atoms with Gasteiger partial charge in [-0.2, -0.15) is 0 Å². The van der Waals surface area contributed by atoms with Gasteiger partial charge in [-0.25, -0.2) is 19.5 Å². The standard InChI is InChI=1S/C35H36N5/c1-19-16-24-23-12-10-11-13-25(23)40-26-18-22(31-36-32(34(3,4)5)38-33(37-31)35(6,7)8)17-21-14-15-39(9)30(28(21)26)27(20(19)2)29(24)40/h10-18H,1-9H3/q+1. The van der Waals surface area contributed by atoms with Crippen molar-refractivity contribution in [1.29, 1.82) is 0 Å². The molecule has 40 heavy (non-hydrogen) atoms. The van der Waals surface area contributed by atoms with Crippen LogP contribution >= 0.6 is 0 Å². The molecule has 0 saturated heterocycles. The molecule has 0 atom stereocenters. The number of hydrogen-bond acceptors (Lipinski definition) is 3. The van der Waals surface area contributed by atoms with Crippen LogP contribution in [0.1, 0.15) is 64.3 Å². The van der Waals surface area contributed by atoms with E-state index in [4.69, 9.17) is 15.0 Å². The summed E-state index contributed by atoms with van der Waals surface area (Å²) in [5, 5.41) is 6.35. The van der Waals surface area contributed by atoms with Gasteiger partial charge in [0.2, 0.25) is 5.52 Å². The molecule has 7 rings (SSSR count). The molecule has 7 aromatic rings. The van der Waals surface area contributed by atoms with Gasteiger partial charge in [0.15, 0.2) is 12.0 Å². The molecule has 3 aromatic carbocycles. The van der Waals surface area contributed by atoms with E-state index >= 15 is 0 Å². The van der Waals surface area contributed by atoms with E-state index in [9.17, 15) is 0 Å². The number of aromatic nitrogens is 5. The molecule has 0 spiro atoms. The molecule has 0 saturated carbocycles. The Morgan fingerprint density at radius 2 is 1.40 bits per heavy atom. The van der Waals surface area contributed by atoms with Crippen LogP contribution in [0.4, 0.5) is 0 Å². The van der Waals surface area contributed by atoms with Crippen molar-refractivity contribution in [3.05, 3.63) is 77.5 Å². The lowest BCUT2D eigenvalue weighted by Crippen LogP contribution is -2.29. The Morgan fingerprint density at radius 1 is 0.725 bits per heavy atom. The second kappa shape index (κ2) is 7.97. The lowest BCUT2D eigenvalue weighted by Gasteiger charge is -2.23. The summed E-state index contributed by atoms with van der Waals surface area (Å²) in [6.45, 7) is 17.5. The SMILES string of the molecule is Cc1cc2c3ccccc3n3c4cc(-c5nc(C(C)(C)C)nc(C(C)(C)C)n5)cc5cc[n+](C)c(c(c1C)c23)c54. The van der Waals surface area contributed by atoms with Gasteiger partial charge in [0.1, 0.15) is 18.7 Å². The maximum atomic E-state index is 5.06. The largest absolute Gasteiger partial charge is 0.307 e. The van der Waals surface area contributed by atoms with Gasteiger partial charge in [-0.1, -0.05) is 59.7 Å². The first kappa shape index (κ1) is 24.9. The smallest absolute Gasteiger partial charge is 0.224 e. The Hall–Kier alpha value is -4.12. The summed E-state index contributed by atoms with van der Waals surface area (Å²) in [4.78, 5) is 15.0. The number of pyridine rings is 2. The number of nitrogens with zero attached hydrogens (tertiary/aromatic N) is 5. The molecule has 0 N–H and O–H groups in total. The lowest BCUT2D eigenvalue weighted by molar-refractivity contribution is -0.643. The maximum Gasteiger partial charge on any atom is 0.224 e. The summed E-state index contributed by atoms with van der Waals surface area (Å²) in [7, 11) is 2.16. The van der Waals surface area contributed by atoms with Crippen LogP contribution < -0.4 is 4.57 Å². The molecule has 0 bridgehead atoms. The monoisotopic (exact) mass is 526 g/mol. The molecule has 200 valence electrons. The maximum absolute atomic E-state index is 5.06. The molecule has 0 amide bonds. The molecule has 0 radical (unpaired) electrons. The molecule has 0 aliphatic heterocycles. The fraction of sp³-hybridized carbons (Fsp3) is 0.314. The van der Waals surface area contributed by atoms with E-state index in [0.717, 1.165) is 23.0 Å². The Bertz CT molecular complexity index is 2120. The highest BCUT2D eigenvalue weighted by Crippen LogP contribution is 2.42. The number of fused-ring (bicyclic) bond motifs is 5. The van der Waals surface area contributed by atoms with E-state index < -0.39 is 0 Å². The molecular formula is C35H36N5+. The molecule has 0 aliphatic carbocycles. The third-order valence-corrected chi connectivity index (χ3v) is 8.41. The van der Waals surface area contributed by atoms with Gasteiger partial charge in [-0.05, 0) is 54.6 Å². The van der Waals surface area contributed by atoms with Gasteiger partial charge < -0.3 is 4.40 Å². The predicted molar refractivity (Wildman–Crippen MR) is 165 cm³/mol. The van der Waals surface area contributed by atoms with Crippen LogP contribution in [0.3, 0.4) is 0 Å². The Labute approximate surface area is 234 Å². The summed E-state index contributed by atoms with van der Waals surface area (Å²) >= 11 is 0. The average molecular weight is 527 g/mol. The van der Waals surface area contributed by atoms with Gasteiger partial charge in [0.05, 0.1) is 27.3 Å². The first-order chi connectivity index (χ1) is 18.8. The van der Waals surface area contributed by atoms with E-state index in [0.29, 0.717) is 0 Å². The third kappa shape index (κ3) is 3.39. The molecule has 5 nitrogen and oxygen atoms in total. The van der Waals surface area contributed by atoms with Crippen molar-refractivity contribution >= 4 is 49.0 Å². The van der Waals surface area contributed by atoms with Crippen LogP contribution in [0, 0.1) is 13.8 Å². The summed E-state index contributed by atoms with van der Waals surface area (Å²) < 4.78 is 4.76. The highest BCUT2D eigenvalue weighted by atomic mass is 15.1. The zero-order chi connectivity index (χ0) is 28.3. The van der Waals surface area contributed by atoms with Crippen LogP contribution in [-0.4, -0.2) is 19.4 Å². The third-order valence-electron chi connectivity index (χ3n) is 8.41. The van der Waals surface area contributed by atoms with Gasteiger partial charge in [-0.15, -0.1) is 0 Å². The number of para-hydroxylation sites is 1. The van der Waals surface area contributed by atoms with Crippen LogP contribution in [0.2, 0.25) is 0 Å². The van der Waals surface area contributed by atoms with Crippen molar-refractivity contribution in [2.45, 2.75) is 66.2 Å². The van der Waals surface area contributed by atoms with E-state index in [1.807, 2.05) is 0 Å². The molecule has 4 heterocycles. The summed E-state index contributed by atoms with van der Waals surface area (Å²) in [5.41, 5.74) is 8.21. The molecule has 0 aliphatic rings. The van der Waals surface area contributed by atoms with E-state index in [1.165, 1.54) is 60.1 Å². The highest BCUT2D eigenvalue weighted by molar-refractivity contribution is 6.26. The minimum absolute atomic E-state index is 0.194. The Morgan fingerprint density at radius 3 is 2.08 bits per heavy atom. The average Bonchev–Trinajstić information content (AvgIpc) is 3.22. The molecule has 0 unspecified atom stereocenters. The van der Waals surface area contributed by atoms with Gasteiger partial charge in [-0.3, -0.25) is 0 Å². The van der Waals surface area contributed by atoms with Gasteiger partial charge in [0, 0.05) is 33.2 Å². The van der Waals surface area contributed by atoms with Crippen molar-refractivity contribution in [3.8, 4) is 11.4 Å². The lowest BCUT2D eigenvalue weighted by atomic mass is 9.92. The second-order valence-corrected chi connectivity index (χ2v) is 13.5. The molecular weight excluding hydrogens is 490 g/mol. The van der Waals surface area contributed by atoms with E-state index in [2.05, 4.69) is 126 Å². The molecule has 0 fully saturated rings. The fourth-order valence-corrected chi connectivity index (χ4v) is 6.16. The Balaban J connectivity index is 1.71. The van der Waals surface area contributed by atoms with Crippen molar-refractivity contribution in [3.63, 3.8) is 0 Å². The normalized spacial score (nSPS) is 13.1. The Kier molecular flexibility index (Phi) is 4.96. The van der Waals surface area contributed by atoms with Gasteiger partial charge >= 0.3 is 0 Å². The first-order valence-corrected chi connectivity index (χ1v) is 14.1. The van der Waals surface area contributed by atoms with Crippen LogP contribution in [0.5, 0.6) is 0 Å². The minimum atomic E-state index is -0.194. The van der Waals surface area contributed by atoms with Crippen LogP contribution in [-0.2, 0) is 17.9 Å². The zero-order valence-corrected chi connectivity index (χ0v) is 24.9.